The lowest BCUT2D eigenvalue weighted by Gasteiger charge is -2.33. The molecule has 1 atom stereocenters. The molecule has 6 nitrogen and oxygen atoms in total. The van der Waals surface area contributed by atoms with Crippen LogP contribution in [-0.4, -0.2) is 53.0 Å². The zero-order chi connectivity index (χ0) is 25.0. The summed E-state index contributed by atoms with van der Waals surface area (Å²) >= 11 is 6.24. The number of nitrogens with one attached hydrogen (secondary N) is 1. The van der Waals surface area contributed by atoms with Crippen molar-refractivity contribution in [3.05, 3.63) is 58.6 Å². The second kappa shape index (κ2) is 11.3. The number of hydrogen-bond acceptors (Lipinski definition) is 4. The number of carbonyl (C=O) groups is 1. The van der Waals surface area contributed by atoms with Crippen molar-refractivity contribution in [1.82, 2.24) is 9.62 Å². The van der Waals surface area contributed by atoms with Crippen LogP contribution in [0.3, 0.4) is 0 Å². The number of carbonyl (C=O) groups excluding carboxylic acids is 1. The van der Waals surface area contributed by atoms with Crippen LogP contribution in [0, 0.1) is 11.8 Å². The van der Waals surface area contributed by atoms with E-state index in [1.807, 2.05) is 24.3 Å². The molecule has 8 heteroatoms. The van der Waals surface area contributed by atoms with Gasteiger partial charge in [-0.2, -0.15) is 0 Å². The molecule has 1 saturated carbocycles. The zero-order valence-electron chi connectivity index (χ0n) is 20.7. The Kier molecular flexibility index (Phi) is 8.40. The smallest absolute Gasteiger partial charge is 0.253 e. The van der Waals surface area contributed by atoms with Crippen molar-refractivity contribution in [2.24, 2.45) is 11.8 Å². The van der Waals surface area contributed by atoms with E-state index in [0.717, 1.165) is 49.0 Å². The second-order valence-corrected chi connectivity index (χ2v) is 12.2. The molecule has 1 heterocycles. The highest BCUT2D eigenvalue weighted by atomic mass is 35.5. The van der Waals surface area contributed by atoms with E-state index in [1.54, 1.807) is 32.3 Å². The molecule has 1 saturated heterocycles. The van der Waals surface area contributed by atoms with Crippen LogP contribution in [0.4, 0.5) is 5.69 Å². The highest BCUT2D eigenvalue weighted by Crippen LogP contribution is 2.40. The second-order valence-electron chi connectivity index (χ2n) is 10.0. The minimum absolute atomic E-state index is 0.0759. The Morgan fingerprint density at radius 2 is 1.77 bits per heavy atom. The fraction of sp³-hybridized carbons (Fsp3) is 0.519. The number of halogens is 1. The van der Waals surface area contributed by atoms with E-state index in [1.165, 1.54) is 30.6 Å². The van der Waals surface area contributed by atoms with Gasteiger partial charge in [0.05, 0.1) is 5.69 Å². The summed E-state index contributed by atoms with van der Waals surface area (Å²) in [4.78, 5) is 16.2. The number of anilines is 1. The summed E-state index contributed by atoms with van der Waals surface area (Å²) in [6, 6.07) is 12.5. The molecule has 1 N–H and O–H groups in total. The van der Waals surface area contributed by atoms with Gasteiger partial charge < -0.3 is 9.80 Å². The van der Waals surface area contributed by atoms with E-state index in [4.69, 9.17) is 11.6 Å². The molecule has 1 unspecified atom stereocenters. The predicted molar refractivity (Wildman–Crippen MR) is 142 cm³/mol. The SMILES string of the molecule is CN(C)C(=O)c1cccc(CCNS(=O)(=O)c2cc(Cl)ccc2N2CCCC(C3CCC3)CC2)c1. The lowest BCUT2D eigenvalue weighted by Crippen LogP contribution is -2.31. The minimum Gasteiger partial charge on any atom is -0.370 e. The van der Waals surface area contributed by atoms with E-state index in [0.29, 0.717) is 17.0 Å². The summed E-state index contributed by atoms with van der Waals surface area (Å²) in [7, 11) is -0.336. The van der Waals surface area contributed by atoms with Crippen molar-refractivity contribution >= 4 is 33.2 Å². The van der Waals surface area contributed by atoms with E-state index >= 15 is 0 Å². The maximum atomic E-state index is 13.4. The van der Waals surface area contributed by atoms with Gasteiger partial charge in [-0.3, -0.25) is 4.79 Å². The fourth-order valence-electron chi connectivity index (χ4n) is 5.24. The number of benzene rings is 2. The maximum Gasteiger partial charge on any atom is 0.253 e. The zero-order valence-corrected chi connectivity index (χ0v) is 22.2. The number of rotatable bonds is 8. The first-order valence-electron chi connectivity index (χ1n) is 12.6. The first-order chi connectivity index (χ1) is 16.7. The van der Waals surface area contributed by atoms with Crippen LogP contribution in [-0.2, 0) is 16.4 Å². The van der Waals surface area contributed by atoms with Crippen molar-refractivity contribution in [2.75, 3.05) is 38.6 Å². The molecule has 0 radical (unpaired) electrons. The Morgan fingerprint density at radius 1 is 1.03 bits per heavy atom. The molecule has 1 amide bonds. The van der Waals surface area contributed by atoms with Crippen LogP contribution >= 0.6 is 11.6 Å². The molecule has 35 heavy (non-hydrogen) atoms. The summed E-state index contributed by atoms with van der Waals surface area (Å²) < 4.78 is 29.5. The molecule has 1 aliphatic carbocycles. The third-order valence-corrected chi connectivity index (χ3v) is 9.15. The summed E-state index contributed by atoms with van der Waals surface area (Å²) in [6.45, 7) is 1.97. The van der Waals surface area contributed by atoms with E-state index in [2.05, 4.69) is 9.62 Å². The molecule has 4 rings (SSSR count). The Labute approximate surface area is 214 Å². The summed E-state index contributed by atoms with van der Waals surface area (Å²) in [6.07, 6.45) is 7.96. The van der Waals surface area contributed by atoms with Gasteiger partial charge in [0.1, 0.15) is 4.90 Å². The topological polar surface area (TPSA) is 69.7 Å². The van der Waals surface area contributed by atoms with Gasteiger partial charge in [0.15, 0.2) is 0 Å². The first kappa shape index (κ1) is 26.0. The molecule has 2 aliphatic rings. The molecule has 2 aromatic carbocycles. The van der Waals surface area contributed by atoms with Crippen LogP contribution < -0.4 is 9.62 Å². The van der Waals surface area contributed by atoms with Gasteiger partial charge in [0, 0.05) is 44.3 Å². The van der Waals surface area contributed by atoms with Gasteiger partial charge in [0.25, 0.3) is 5.91 Å². The van der Waals surface area contributed by atoms with Gasteiger partial charge in [-0.15, -0.1) is 0 Å². The van der Waals surface area contributed by atoms with Crippen molar-refractivity contribution < 1.29 is 13.2 Å². The molecular weight excluding hydrogens is 482 g/mol. The van der Waals surface area contributed by atoms with Gasteiger partial charge in [-0.25, -0.2) is 13.1 Å². The Morgan fingerprint density at radius 3 is 2.49 bits per heavy atom. The highest BCUT2D eigenvalue weighted by molar-refractivity contribution is 7.89. The van der Waals surface area contributed by atoms with E-state index in [-0.39, 0.29) is 17.3 Å². The maximum absolute atomic E-state index is 13.4. The van der Waals surface area contributed by atoms with Gasteiger partial charge in [0.2, 0.25) is 10.0 Å². The van der Waals surface area contributed by atoms with Crippen LogP contribution in [0.2, 0.25) is 5.02 Å². The lowest BCUT2D eigenvalue weighted by atomic mass is 9.73. The van der Waals surface area contributed by atoms with Crippen LogP contribution in [0.15, 0.2) is 47.4 Å². The average molecular weight is 518 g/mol. The number of amides is 1. The quantitative estimate of drug-likeness (QED) is 0.536. The first-order valence-corrected chi connectivity index (χ1v) is 14.5. The molecule has 2 aromatic rings. The van der Waals surface area contributed by atoms with Crippen LogP contribution in [0.1, 0.15) is 54.4 Å². The predicted octanol–water partition coefficient (Wildman–Crippen LogP) is 4.97. The normalized spacial score (nSPS) is 19.2. The molecule has 1 aliphatic heterocycles. The van der Waals surface area contributed by atoms with Gasteiger partial charge >= 0.3 is 0 Å². The molecule has 0 bridgehead atoms. The van der Waals surface area contributed by atoms with Crippen LogP contribution in [0.5, 0.6) is 0 Å². The largest absolute Gasteiger partial charge is 0.370 e. The number of nitrogens with zero attached hydrogens (tertiary/aromatic N) is 2. The molecular formula is C27H36ClN3O3S. The third-order valence-electron chi connectivity index (χ3n) is 7.43. The Bertz CT molecular complexity index is 1150. The fourth-order valence-corrected chi connectivity index (χ4v) is 6.75. The van der Waals surface area contributed by atoms with Crippen molar-refractivity contribution in [3.63, 3.8) is 0 Å². The monoisotopic (exact) mass is 517 g/mol. The van der Waals surface area contributed by atoms with Crippen molar-refractivity contribution in [1.29, 1.82) is 0 Å². The highest BCUT2D eigenvalue weighted by Gasteiger charge is 2.30. The van der Waals surface area contributed by atoms with E-state index < -0.39 is 10.0 Å². The van der Waals surface area contributed by atoms with Crippen LogP contribution in [0.25, 0.3) is 0 Å². The van der Waals surface area contributed by atoms with Gasteiger partial charge in [-0.05, 0) is 73.4 Å². The minimum atomic E-state index is -3.76. The Balaban J connectivity index is 1.45. The third kappa shape index (κ3) is 6.38. The lowest BCUT2D eigenvalue weighted by molar-refractivity contribution is 0.0827. The number of hydrogen-bond donors (Lipinski definition) is 1. The Hall–Kier alpha value is -2.09. The standard InChI is InChI=1S/C27H36ClN3O3S/c1-30(2)27(32)23-9-3-6-20(18-23)13-15-29-35(33,34)26-19-24(28)11-12-25(26)31-16-5-10-22(14-17-31)21-7-4-8-21/h3,6,9,11-12,18-19,21-22,29H,4-5,7-8,10,13-17H2,1-2H3. The molecule has 2 fully saturated rings. The van der Waals surface area contributed by atoms with Gasteiger partial charge in [-0.1, -0.05) is 43.0 Å². The molecule has 190 valence electrons. The summed E-state index contributed by atoms with van der Waals surface area (Å²) in [5.74, 6) is 1.54. The summed E-state index contributed by atoms with van der Waals surface area (Å²) in [5, 5.41) is 0.409. The van der Waals surface area contributed by atoms with Crippen molar-refractivity contribution in [2.45, 2.75) is 49.8 Å². The van der Waals surface area contributed by atoms with E-state index in [9.17, 15) is 13.2 Å². The average Bonchev–Trinajstić information content (AvgIpc) is 3.03. The molecule has 0 spiro atoms. The van der Waals surface area contributed by atoms with Crippen molar-refractivity contribution in [3.8, 4) is 0 Å². The number of sulfonamides is 1. The molecule has 0 aromatic heterocycles. The summed E-state index contributed by atoms with van der Waals surface area (Å²) in [5.41, 5.74) is 2.23.